The van der Waals surface area contributed by atoms with E-state index in [1.54, 1.807) is 6.07 Å². The van der Waals surface area contributed by atoms with Gasteiger partial charge in [-0.3, -0.25) is 4.79 Å². The number of hydrogen-bond donors (Lipinski definition) is 0. The number of carbonyl (C=O) groups is 1. The summed E-state index contributed by atoms with van der Waals surface area (Å²) < 4.78 is 4.72. The van der Waals surface area contributed by atoms with Crippen molar-refractivity contribution in [3.63, 3.8) is 0 Å². The normalized spacial score (nSPS) is 10.7. The Morgan fingerprint density at radius 3 is 1.96 bits per heavy atom. The number of carbonyl (C=O) groups excluding carboxylic acids is 1. The predicted octanol–water partition coefficient (Wildman–Crippen LogP) is 6.60. The third-order valence-electron chi connectivity index (χ3n) is 4.00. The minimum atomic E-state index is -0.348. The lowest BCUT2D eigenvalue weighted by molar-refractivity contribution is -0.139. The average molecular weight is 334 g/mol. The molecule has 0 N–H and O–H groups in total. The molecule has 0 aliphatic rings. The van der Waals surface area contributed by atoms with E-state index in [0.29, 0.717) is 6.42 Å². The minimum absolute atomic E-state index is 0.118. The predicted molar refractivity (Wildman–Crippen MR) is 100 cm³/mol. The van der Waals surface area contributed by atoms with Crippen LogP contribution in [0.15, 0.2) is 24.5 Å². The zero-order valence-electron chi connectivity index (χ0n) is 15.5. The number of nitriles is 1. The zero-order valence-corrected chi connectivity index (χ0v) is 15.5. The topological polar surface area (TPSA) is 50.1 Å². The summed E-state index contributed by atoms with van der Waals surface area (Å²) in [6, 6.07) is 1.71. The van der Waals surface area contributed by atoms with Crippen molar-refractivity contribution in [3.05, 3.63) is 24.5 Å². The first-order valence-electron chi connectivity index (χ1n) is 9.65. The number of rotatable bonds is 16. The molecule has 0 aliphatic carbocycles. The molecule has 24 heavy (non-hydrogen) atoms. The van der Waals surface area contributed by atoms with Gasteiger partial charge in [-0.2, -0.15) is 5.26 Å². The van der Waals surface area contributed by atoms with Crippen LogP contribution in [-0.2, 0) is 9.53 Å². The van der Waals surface area contributed by atoms with Gasteiger partial charge in [-0.25, -0.2) is 0 Å². The van der Waals surface area contributed by atoms with Crippen molar-refractivity contribution in [2.24, 2.45) is 0 Å². The molecule has 0 atom stereocenters. The molecule has 0 fully saturated rings. The average Bonchev–Trinajstić information content (AvgIpc) is 2.58. The van der Waals surface area contributed by atoms with Crippen LogP contribution < -0.4 is 0 Å². The molecular weight excluding hydrogens is 298 g/mol. The van der Waals surface area contributed by atoms with Crippen LogP contribution in [0, 0.1) is 11.3 Å². The van der Waals surface area contributed by atoms with Crippen LogP contribution in [0.5, 0.6) is 0 Å². The summed E-state index contributed by atoms with van der Waals surface area (Å²) in [6.45, 7) is 5.58. The third kappa shape index (κ3) is 16.8. The van der Waals surface area contributed by atoms with Gasteiger partial charge in [-0.15, -0.1) is 0 Å². The minimum Gasteiger partial charge on any atom is -0.416 e. The summed E-state index contributed by atoms with van der Waals surface area (Å²) in [5, 5.41) is 8.46. The Balaban J connectivity index is 3.25. The molecule has 0 aromatic heterocycles. The van der Waals surface area contributed by atoms with Gasteiger partial charge in [0.2, 0.25) is 0 Å². The highest BCUT2D eigenvalue weighted by Crippen LogP contribution is 2.10. The molecule has 0 unspecified atom stereocenters. The van der Waals surface area contributed by atoms with Gasteiger partial charge in [0.1, 0.15) is 6.07 Å². The van der Waals surface area contributed by atoms with Crippen molar-refractivity contribution in [1.29, 1.82) is 5.26 Å². The number of hydrogen-bond acceptors (Lipinski definition) is 3. The Kier molecular flexibility index (Phi) is 16.6. The molecule has 3 heteroatoms. The van der Waals surface area contributed by atoms with Crippen molar-refractivity contribution in [3.8, 4) is 6.07 Å². The van der Waals surface area contributed by atoms with Gasteiger partial charge in [0.25, 0.3) is 0 Å². The van der Waals surface area contributed by atoms with Gasteiger partial charge < -0.3 is 4.74 Å². The molecule has 0 aromatic carbocycles. The second-order valence-electron chi connectivity index (χ2n) is 6.34. The Morgan fingerprint density at radius 1 is 0.917 bits per heavy atom. The number of ether oxygens (including phenoxy) is 1. The molecule has 0 saturated heterocycles. The number of nitrogens with zero attached hydrogens (tertiary/aromatic N) is 1. The first kappa shape index (κ1) is 22.4. The largest absolute Gasteiger partial charge is 0.416 e. The van der Waals surface area contributed by atoms with Crippen molar-refractivity contribution in [2.75, 3.05) is 0 Å². The molecule has 3 nitrogen and oxygen atoms in total. The summed E-state index contributed by atoms with van der Waals surface area (Å²) in [7, 11) is 0. The molecule has 0 aliphatic heterocycles. The fourth-order valence-electron chi connectivity index (χ4n) is 2.55. The quantitative estimate of drug-likeness (QED) is 0.105. The van der Waals surface area contributed by atoms with Crippen LogP contribution in [0.1, 0.15) is 96.8 Å². The Bertz CT molecular complexity index is 393. The fourth-order valence-corrected chi connectivity index (χ4v) is 2.55. The van der Waals surface area contributed by atoms with E-state index in [1.165, 1.54) is 64.2 Å². The highest BCUT2D eigenvalue weighted by atomic mass is 16.5. The lowest BCUT2D eigenvalue weighted by atomic mass is 10.1. The van der Waals surface area contributed by atoms with Crippen LogP contribution in [0.3, 0.4) is 0 Å². The molecule has 136 valence electrons. The highest BCUT2D eigenvalue weighted by molar-refractivity contribution is 5.70. The van der Waals surface area contributed by atoms with Crippen LogP contribution in [-0.4, -0.2) is 5.97 Å². The van der Waals surface area contributed by atoms with E-state index in [9.17, 15) is 4.79 Å². The summed E-state index contributed by atoms with van der Waals surface area (Å²) in [5.74, 6) is -0.466. The van der Waals surface area contributed by atoms with E-state index >= 15 is 0 Å². The Hall–Kier alpha value is -1.56. The summed E-state index contributed by atoms with van der Waals surface area (Å²) in [5.41, 5.74) is 0. The van der Waals surface area contributed by atoms with E-state index in [0.717, 1.165) is 19.3 Å². The molecule has 0 aromatic rings. The number of unbranched alkanes of at least 4 members (excludes halogenated alkanes) is 11. The van der Waals surface area contributed by atoms with Crippen LogP contribution >= 0.6 is 0 Å². The van der Waals surface area contributed by atoms with Gasteiger partial charge in [-0.05, 0) is 38.7 Å². The molecule has 0 amide bonds. The summed E-state index contributed by atoms with van der Waals surface area (Å²) >= 11 is 0. The maximum absolute atomic E-state index is 11.3. The van der Waals surface area contributed by atoms with Gasteiger partial charge in [-0.1, -0.05) is 70.4 Å². The van der Waals surface area contributed by atoms with Gasteiger partial charge in [0, 0.05) is 6.42 Å². The Morgan fingerprint density at radius 2 is 1.42 bits per heavy atom. The van der Waals surface area contributed by atoms with E-state index < -0.39 is 0 Å². The van der Waals surface area contributed by atoms with Crippen molar-refractivity contribution in [2.45, 2.75) is 96.8 Å². The SMILES string of the molecule is C=C(C#N)OC(=O)CCCCCCC/C=C\CCCCCCCC. The first-order chi connectivity index (χ1) is 11.7. The monoisotopic (exact) mass is 333 g/mol. The zero-order chi connectivity index (χ0) is 17.9. The van der Waals surface area contributed by atoms with E-state index in [4.69, 9.17) is 10.00 Å². The maximum atomic E-state index is 11.3. The molecule has 0 saturated carbocycles. The van der Waals surface area contributed by atoms with Crippen molar-refractivity contribution in [1.82, 2.24) is 0 Å². The number of esters is 1. The van der Waals surface area contributed by atoms with Crippen LogP contribution in [0.4, 0.5) is 0 Å². The van der Waals surface area contributed by atoms with Crippen LogP contribution in [0.2, 0.25) is 0 Å². The molecule has 0 rings (SSSR count). The third-order valence-corrected chi connectivity index (χ3v) is 4.00. The molecule has 0 spiro atoms. The van der Waals surface area contributed by atoms with Crippen molar-refractivity contribution >= 4 is 5.97 Å². The van der Waals surface area contributed by atoms with E-state index in [-0.39, 0.29) is 11.7 Å². The fraction of sp³-hybridized carbons (Fsp3) is 0.714. The highest BCUT2D eigenvalue weighted by Gasteiger charge is 2.04. The summed E-state index contributed by atoms with van der Waals surface area (Å²) in [4.78, 5) is 11.3. The first-order valence-corrected chi connectivity index (χ1v) is 9.65. The summed E-state index contributed by atoms with van der Waals surface area (Å²) in [6.07, 6.45) is 21.0. The molecule has 0 heterocycles. The van der Waals surface area contributed by atoms with Gasteiger partial charge in [0.15, 0.2) is 5.76 Å². The van der Waals surface area contributed by atoms with E-state index in [1.807, 2.05) is 0 Å². The van der Waals surface area contributed by atoms with Gasteiger partial charge in [0.05, 0.1) is 0 Å². The maximum Gasteiger partial charge on any atom is 0.311 e. The standard InChI is InChI=1S/C21H35NO2/c1-3-4-5-6-7-8-9-10-11-12-13-14-15-16-17-18-21(23)24-20(2)19-22/h10-11H,2-9,12-18H2,1H3/b11-10-. The molecule has 0 radical (unpaired) electrons. The second-order valence-corrected chi connectivity index (χ2v) is 6.34. The lowest BCUT2D eigenvalue weighted by Crippen LogP contribution is -2.02. The Labute approximate surface area is 148 Å². The van der Waals surface area contributed by atoms with E-state index in [2.05, 4.69) is 25.7 Å². The van der Waals surface area contributed by atoms with Crippen molar-refractivity contribution < 1.29 is 9.53 Å². The lowest BCUT2D eigenvalue weighted by Gasteiger charge is -2.01. The van der Waals surface area contributed by atoms with Gasteiger partial charge >= 0.3 is 5.97 Å². The van der Waals surface area contributed by atoms with Crippen LogP contribution in [0.25, 0.3) is 0 Å². The second kappa shape index (κ2) is 17.8. The molecular formula is C21H35NO2. The smallest absolute Gasteiger partial charge is 0.311 e. The molecule has 0 bridgehead atoms. The number of allylic oxidation sites excluding steroid dienone is 3.